The van der Waals surface area contributed by atoms with Gasteiger partial charge in [0.25, 0.3) is 0 Å². The van der Waals surface area contributed by atoms with E-state index in [2.05, 4.69) is 10.6 Å². The second-order valence-electron chi connectivity index (χ2n) is 8.79. The van der Waals surface area contributed by atoms with Gasteiger partial charge in [0.15, 0.2) is 0 Å². The lowest BCUT2D eigenvalue weighted by Gasteiger charge is -2.59. The summed E-state index contributed by atoms with van der Waals surface area (Å²) in [5.74, 6) is -1.24. The van der Waals surface area contributed by atoms with Gasteiger partial charge in [-0.2, -0.15) is 0 Å². The van der Waals surface area contributed by atoms with Gasteiger partial charge >= 0.3 is 0 Å². The van der Waals surface area contributed by atoms with Gasteiger partial charge in [0, 0.05) is 39.1 Å². The third kappa shape index (κ3) is 2.47. The van der Waals surface area contributed by atoms with Gasteiger partial charge in [0.05, 0.1) is 13.3 Å². The van der Waals surface area contributed by atoms with Crippen LogP contribution in [0.25, 0.3) is 0 Å². The molecule has 1 amide bonds. The summed E-state index contributed by atoms with van der Waals surface area (Å²) in [7, 11) is 0. The first kappa shape index (κ1) is 20.2. The van der Waals surface area contributed by atoms with Crippen molar-refractivity contribution >= 4 is 34.8 Å². The molecule has 1 saturated carbocycles. The van der Waals surface area contributed by atoms with Crippen molar-refractivity contribution in [2.45, 2.75) is 29.7 Å². The Hall–Kier alpha value is -1.76. The van der Waals surface area contributed by atoms with E-state index in [1.165, 1.54) is 12.1 Å². The molecule has 158 valence electrons. The number of nitrogens with one attached hydrogen (secondary N) is 2. The van der Waals surface area contributed by atoms with Crippen molar-refractivity contribution in [3.63, 3.8) is 0 Å². The molecule has 3 nitrogen and oxygen atoms in total. The molecule has 2 spiro atoms. The SMILES string of the molecule is O=C1Nc2cc(Cl)ccc2[C@@]12[C@@H](c1cc(F)cc(Cl)c1)CNC21CC(CF)(CF)C1. The zero-order chi connectivity index (χ0) is 21.3. The van der Waals surface area contributed by atoms with Crippen molar-refractivity contribution in [2.75, 3.05) is 25.2 Å². The van der Waals surface area contributed by atoms with Gasteiger partial charge in [0.2, 0.25) is 5.91 Å². The third-order valence-corrected chi connectivity index (χ3v) is 7.60. The standard InChI is InChI=1S/C22H19Cl2F3N2O/c23-13-1-2-16-18(6-13)29-19(30)22(16)17(12-3-14(24)5-15(27)4-12)7-28-21(22)8-20(9-21,10-25)11-26/h1-6,17,28H,7-11H2,(H,29,30)/t17-,22-/m1/s1. The Balaban J connectivity index is 1.72. The van der Waals surface area contributed by atoms with Crippen LogP contribution in [0.1, 0.15) is 29.9 Å². The van der Waals surface area contributed by atoms with E-state index in [1.807, 2.05) is 0 Å². The van der Waals surface area contributed by atoms with Crippen molar-refractivity contribution in [3.8, 4) is 0 Å². The Morgan fingerprint density at radius 2 is 1.77 bits per heavy atom. The maximum absolute atomic E-state index is 14.2. The van der Waals surface area contributed by atoms with E-state index in [0.717, 1.165) is 0 Å². The number of hydrogen-bond acceptors (Lipinski definition) is 2. The van der Waals surface area contributed by atoms with E-state index in [-0.39, 0.29) is 23.8 Å². The molecule has 30 heavy (non-hydrogen) atoms. The van der Waals surface area contributed by atoms with Crippen molar-refractivity contribution < 1.29 is 18.0 Å². The molecule has 2 heterocycles. The van der Waals surface area contributed by atoms with Crippen molar-refractivity contribution in [1.82, 2.24) is 5.32 Å². The van der Waals surface area contributed by atoms with Crippen LogP contribution in [0.15, 0.2) is 36.4 Å². The van der Waals surface area contributed by atoms with Crippen LogP contribution in [0.5, 0.6) is 0 Å². The van der Waals surface area contributed by atoms with Crippen LogP contribution in [-0.4, -0.2) is 31.3 Å². The van der Waals surface area contributed by atoms with Crippen LogP contribution in [0.2, 0.25) is 10.0 Å². The molecule has 8 heteroatoms. The van der Waals surface area contributed by atoms with E-state index in [9.17, 15) is 18.0 Å². The monoisotopic (exact) mass is 454 g/mol. The van der Waals surface area contributed by atoms with E-state index in [0.29, 0.717) is 28.4 Å². The molecule has 2 aromatic rings. The number of carbonyl (C=O) groups is 1. The van der Waals surface area contributed by atoms with Crippen LogP contribution in [-0.2, 0) is 10.2 Å². The molecule has 2 aromatic carbocycles. The summed E-state index contributed by atoms with van der Waals surface area (Å²) in [5, 5.41) is 7.01. The summed E-state index contributed by atoms with van der Waals surface area (Å²) in [6.45, 7) is -1.24. The molecule has 1 saturated heterocycles. The zero-order valence-corrected chi connectivity index (χ0v) is 17.4. The molecule has 5 rings (SSSR count). The topological polar surface area (TPSA) is 41.1 Å². The molecule has 0 radical (unpaired) electrons. The van der Waals surface area contributed by atoms with Gasteiger partial charge in [0.1, 0.15) is 11.2 Å². The van der Waals surface area contributed by atoms with E-state index >= 15 is 0 Å². The highest BCUT2D eigenvalue weighted by Crippen LogP contribution is 2.67. The Kier molecular flexibility index (Phi) is 4.45. The Morgan fingerprint density at radius 3 is 2.43 bits per heavy atom. The number of amides is 1. The van der Waals surface area contributed by atoms with Gasteiger partial charge in [-0.25, -0.2) is 4.39 Å². The first-order valence-electron chi connectivity index (χ1n) is 9.74. The molecule has 2 N–H and O–H groups in total. The van der Waals surface area contributed by atoms with Crippen molar-refractivity contribution in [2.24, 2.45) is 5.41 Å². The number of rotatable bonds is 3. The quantitative estimate of drug-likeness (QED) is 0.671. The number of anilines is 1. The van der Waals surface area contributed by atoms with Crippen molar-refractivity contribution in [1.29, 1.82) is 0 Å². The zero-order valence-electron chi connectivity index (χ0n) is 15.9. The first-order chi connectivity index (χ1) is 14.3. The fraction of sp³-hybridized carbons (Fsp3) is 0.409. The van der Waals surface area contributed by atoms with Crippen LogP contribution >= 0.6 is 23.2 Å². The highest BCUT2D eigenvalue weighted by molar-refractivity contribution is 6.31. The molecule has 1 aliphatic carbocycles. The molecule has 2 atom stereocenters. The molecule has 0 bridgehead atoms. The molecular formula is C22H19Cl2F3N2O. The minimum absolute atomic E-state index is 0.169. The van der Waals surface area contributed by atoms with Crippen LogP contribution < -0.4 is 10.6 Å². The maximum Gasteiger partial charge on any atom is 0.237 e. The lowest BCUT2D eigenvalue weighted by Crippen LogP contribution is -2.70. The Labute approximate surface area is 181 Å². The van der Waals surface area contributed by atoms with Crippen LogP contribution in [0.3, 0.4) is 0 Å². The number of fused-ring (bicyclic) bond motifs is 3. The first-order valence-corrected chi connectivity index (χ1v) is 10.5. The molecule has 2 aliphatic heterocycles. The van der Waals surface area contributed by atoms with Gasteiger partial charge in [-0.1, -0.05) is 29.3 Å². The summed E-state index contributed by atoms with van der Waals surface area (Å²) in [4.78, 5) is 13.6. The summed E-state index contributed by atoms with van der Waals surface area (Å²) in [5.41, 5.74) is -1.26. The normalized spacial score (nSPS) is 27.9. The highest BCUT2D eigenvalue weighted by Gasteiger charge is 2.74. The van der Waals surface area contributed by atoms with Gasteiger partial charge in [-0.15, -0.1) is 0 Å². The largest absolute Gasteiger partial charge is 0.325 e. The fourth-order valence-corrected chi connectivity index (χ4v) is 6.46. The lowest BCUT2D eigenvalue weighted by molar-refractivity contribution is -0.131. The highest BCUT2D eigenvalue weighted by atomic mass is 35.5. The van der Waals surface area contributed by atoms with Crippen molar-refractivity contribution in [3.05, 3.63) is 63.4 Å². The van der Waals surface area contributed by atoms with Gasteiger partial charge < -0.3 is 10.6 Å². The molecular weight excluding hydrogens is 436 g/mol. The van der Waals surface area contributed by atoms with E-state index in [4.69, 9.17) is 23.2 Å². The molecule has 3 aliphatic rings. The average Bonchev–Trinajstić information content (AvgIpc) is 3.16. The molecule has 2 fully saturated rings. The number of hydrogen-bond donors (Lipinski definition) is 2. The number of benzene rings is 2. The second kappa shape index (κ2) is 6.62. The minimum atomic E-state index is -1.15. The van der Waals surface area contributed by atoms with Gasteiger partial charge in [-0.3, -0.25) is 13.6 Å². The fourth-order valence-electron chi connectivity index (χ4n) is 6.05. The number of alkyl halides is 2. The van der Waals surface area contributed by atoms with E-state index < -0.39 is 41.5 Å². The summed E-state index contributed by atoms with van der Waals surface area (Å²) < 4.78 is 41.7. The smallest absolute Gasteiger partial charge is 0.237 e. The predicted octanol–water partition coefficient (Wildman–Crippen LogP) is 5.17. The van der Waals surface area contributed by atoms with Crippen LogP contribution in [0.4, 0.5) is 18.9 Å². The summed E-state index contributed by atoms with van der Waals surface area (Å²) >= 11 is 12.2. The summed E-state index contributed by atoms with van der Waals surface area (Å²) in [6.07, 6.45) is 0.337. The molecule has 0 aromatic heterocycles. The average molecular weight is 455 g/mol. The Morgan fingerprint density at radius 1 is 1.03 bits per heavy atom. The minimum Gasteiger partial charge on any atom is -0.325 e. The number of carbonyl (C=O) groups excluding carboxylic acids is 1. The van der Waals surface area contributed by atoms with Crippen LogP contribution in [0, 0.1) is 11.2 Å². The predicted molar refractivity (Wildman–Crippen MR) is 110 cm³/mol. The number of halogens is 5. The lowest BCUT2D eigenvalue weighted by atomic mass is 9.46. The molecule has 0 unspecified atom stereocenters. The second-order valence-corrected chi connectivity index (χ2v) is 9.66. The third-order valence-electron chi connectivity index (χ3n) is 7.14. The Bertz CT molecular complexity index is 1030. The van der Waals surface area contributed by atoms with E-state index in [1.54, 1.807) is 24.3 Å². The maximum atomic E-state index is 14.2. The van der Waals surface area contributed by atoms with Gasteiger partial charge in [-0.05, 0) is 54.3 Å². The summed E-state index contributed by atoms with van der Waals surface area (Å²) in [6, 6.07) is 9.37.